The Balaban J connectivity index is 0.00000225. The Labute approximate surface area is 170 Å². The van der Waals surface area contributed by atoms with E-state index in [9.17, 15) is 4.79 Å². The summed E-state index contributed by atoms with van der Waals surface area (Å²) in [6.45, 7) is 4.40. The molecule has 3 aromatic rings. The molecule has 1 fully saturated rings. The lowest BCUT2D eigenvalue weighted by atomic mass is 10.00. The molecule has 1 N–H and O–H groups in total. The molecule has 2 heterocycles. The van der Waals surface area contributed by atoms with Gasteiger partial charge in [0.1, 0.15) is 6.33 Å². The molecular weight excluding hydrogens is 376 g/mol. The van der Waals surface area contributed by atoms with Gasteiger partial charge in [-0.3, -0.25) is 4.79 Å². The zero-order chi connectivity index (χ0) is 18.6. The first kappa shape index (κ1) is 20.0. The highest BCUT2D eigenvalue weighted by Gasteiger charge is 2.28. The van der Waals surface area contributed by atoms with Crippen LogP contribution in [-0.2, 0) is 6.42 Å². The van der Waals surface area contributed by atoms with Crippen LogP contribution in [0.5, 0.6) is 0 Å². The molecule has 146 valence electrons. The molecule has 0 radical (unpaired) electrons. The molecule has 4 rings (SSSR count). The lowest BCUT2D eigenvalue weighted by Gasteiger charge is -2.36. The molecule has 0 bridgehead atoms. The van der Waals surface area contributed by atoms with Gasteiger partial charge in [0.25, 0.3) is 5.91 Å². The van der Waals surface area contributed by atoms with Crippen LogP contribution < -0.4 is 5.32 Å². The van der Waals surface area contributed by atoms with Gasteiger partial charge in [-0.1, -0.05) is 31.2 Å². The summed E-state index contributed by atoms with van der Waals surface area (Å²) in [6.07, 6.45) is 2.54. The highest BCUT2D eigenvalue weighted by atomic mass is 35.5. The number of tetrazole rings is 1. The van der Waals surface area contributed by atoms with Crippen LogP contribution >= 0.6 is 12.4 Å². The molecule has 1 unspecified atom stereocenters. The van der Waals surface area contributed by atoms with Gasteiger partial charge in [-0.25, -0.2) is 4.68 Å². The Bertz CT molecular complexity index is 895. The molecule has 0 spiro atoms. The summed E-state index contributed by atoms with van der Waals surface area (Å²) in [7, 11) is 0. The average molecular weight is 399 g/mol. The van der Waals surface area contributed by atoms with Crippen molar-refractivity contribution in [2.24, 2.45) is 0 Å². The number of carbonyl (C=O) groups is 1. The SMILES string of the molecule is CCc1ccc(C2CNCCN2C(=O)c2ccc(-n3cnnn3)cc2)cc1.Cl. The molecule has 1 aliphatic heterocycles. The van der Waals surface area contributed by atoms with Crippen LogP contribution in [0, 0.1) is 0 Å². The number of carbonyl (C=O) groups excluding carboxylic acids is 1. The second kappa shape index (κ2) is 8.95. The summed E-state index contributed by atoms with van der Waals surface area (Å²) in [5.74, 6) is 0.0457. The van der Waals surface area contributed by atoms with Gasteiger partial charge in [-0.15, -0.1) is 17.5 Å². The van der Waals surface area contributed by atoms with Crippen molar-refractivity contribution in [1.29, 1.82) is 0 Å². The molecule has 1 saturated heterocycles. The monoisotopic (exact) mass is 398 g/mol. The minimum Gasteiger partial charge on any atom is -0.329 e. The quantitative estimate of drug-likeness (QED) is 0.730. The number of hydrogen-bond acceptors (Lipinski definition) is 5. The third-order valence-corrected chi connectivity index (χ3v) is 5.00. The molecule has 0 aliphatic carbocycles. The Morgan fingerprint density at radius 3 is 2.54 bits per heavy atom. The van der Waals surface area contributed by atoms with Crippen LogP contribution in [0.25, 0.3) is 5.69 Å². The first-order chi connectivity index (χ1) is 13.3. The van der Waals surface area contributed by atoms with Gasteiger partial charge in [0.15, 0.2) is 0 Å². The summed E-state index contributed by atoms with van der Waals surface area (Å²) in [5.41, 5.74) is 3.96. The van der Waals surface area contributed by atoms with E-state index in [1.807, 2.05) is 29.2 Å². The number of benzene rings is 2. The first-order valence-electron chi connectivity index (χ1n) is 9.20. The zero-order valence-corrected chi connectivity index (χ0v) is 16.5. The van der Waals surface area contributed by atoms with Crippen molar-refractivity contribution in [1.82, 2.24) is 30.4 Å². The smallest absolute Gasteiger partial charge is 0.254 e. The standard InChI is InChI=1S/C20H22N6O.ClH/c1-2-15-3-5-16(6-4-15)19-13-21-11-12-25(19)20(27)17-7-9-18(10-8-17)26-14-22-23-24-26;/h3-10,14,19,21H,2,11-13H2,1H3;1H. The van der Waals surface area contributed by atoms with Gasteiger partial charge in [0.2, 0.25) is 0 Å². The largest absolute Gasteiger partial charge is 0.329 e. The summed E-state index contributed by atoms with van der Waals surface area (Å²) in [4.78, 5) is 15.1. The third-order valence-electron chi connectivity index (χ3n) is 5.00. The molecule has 0 saturated carbocycles. The second-order valence-electron chi connectivity index (χ2n) is 6.61. The number of piperazine rings is 1. The predicted octanol–water partition coefficient (Wildman–Crippen LogP) is 2.43. The number of rotatable bonds is 4. The fourth-order valence-electron chi connectivity index (χ4n) is 3.42. The predicted molar refractivity (Wildman–Crippen MR) is 109 cm³/mol. The average Bonchev–Trinajstić information content (AvgIpc) is 3.28. The molecule has 2 aromatic carbocycles. The number of nitrogens with one attached hydrogen (secondary N) is 1. The van der Waals surface area contributed by atoms with E-state index in [1.165, 1.54) is 11.9 Å². The van der Waals surface area contributed by atoms with Gasteiger partial charge in [-0.05, 0) is 52.2 Å². The molecule has 7 nitrogen and oxygen atoms in total. The van der Waals surface area contributed by atoms with Crippen molar-refractivity contribution in [2.75, 3.05) is 19.6 Å². The third kappa shape index (κ3) is 4.05. The van der Waals surface area contributed by atoms with Crippen LogP contribution in [0.4, 0.5) is 0 Å². The van der Waals surface area contributed by atoms with Crippen LogP contribution in [0.2, 0.25) is 0 Å². The molecular formula is C20H23ClN6O. The van der Waals surface area contributed by atoms with E-state index in [4.69, 9.17) is 0 Å². The maximum absolute atomic E-state index is 13.2. The Kier molecular flexibility index (Phi) is 6.38. The minimum atomic E-state index is 0. The van der Waals surface area contributed by atoms with E-state index in [0.717, 1.165) is 30.8 Å². The summed E-state index contributed by atoms with van der Waals surface area (Å²) < 4.78 is 1.57. The van der Waals surface area contributed by atoms with E-state index >= 15 is 0 Å². The number of aromatic nitrogens is 4. The van der Waals surface area contributed by atoms with E-state index < -0.39 is 0 Å². The molecule has 1 atom stereocenters. The van der Waals surface area contributed by atoms with Crippen LogP contribution in [0.1, 0.15) is 34.5 Å². The van der Waals surface area contributed by atoms with E-state index in [2.05, 4.69) is 52.0 Å². The molecule has 1 amide bonds. The summed E-state index contributed by atoms with van der Waals surface area (Å²) in [5, 5.41) is 14.5. The van der Waals surface area contributed by atoms with Crippen molar-refractivity contribution in [3.63, 3.8) is 0 Å². The van der Waals surface area contributed by atoms with Crippen molar-refractivity contribution in [3.8, 4) is 5.69 Å². The fraction of sp³-hybridized carbons (Fsp3) is 0.300. The minimum absolute atomic E-state index is 0. The number of nitrogens with zero attached hydrogens (tertiary/aromatic N) is 5. The number of aryl methyl sites for hydroxylation is 1. The van der Waals surface area contributed by atoms with E-state index in [0.29, 0.717) is 12.1 Å². The maximum atomic E-state index is 13.2. The first-order valence-corrected chi connectivity index (χ1v) is 9.20. The van der Waals surface area contributed by atoms with Crippen molar-refractivity contribution in [2.45, 2.75) is 19.4 Å². The molecule has 1 aliphatic rings. The van der Waals surface area contributed by atoms with Crippen molar-refractivity contribution < 1.29 is 4.79 Å². The Morgan fingerprint density at radius 1 is 1.14 bits per heavy atom. The van der Waals surface area contributed by atoms with Gasteiger partial charge in [0.05, 0.1) is 11.7 Å². The number of amides is 1. The normalized spacial score (nSPS) is 16.5. The van der Waals surface area contributed by atoms with E-state index in [-0.39, 0.29) is 24.4 Å². The fourth-order valence-corrected chi connectivity index (χ4v) is 3.42. The van der Waals surface area contributed by atoms with E-state index in [1.54, 1.807) is 4.68 Å². The zero-order valence-electron chi connectivity index (χ0n) is 15.7. The Morgan fingerprint density at radius 2 is 1.89 bits per heavy atom. The summed E-state index contributed by atoms with van der Waals surface area (Å²) in [6, 6.07) is 16.0. The van der Waals surface area contributed by atoms with Crippen molar-refractivity contribution in [3.05, 3.63) is 71.5 Å². The van der Waals surface area contributed by atoms with Crippen LogP contribution in [-0.4, -0.2) is 50.6 Å². The topological polar surface area (TPSA) is 75.9 Å². The number of halogens is 1. The van der Waals surface area contributed by atoms with Gasteiger partial charge in [-0.2, -0.15) is 0 Å². The highest BCUT2D eigenvalue weighted by molar-refractivity contribution is 5.94. The highest BCUT2D eigenvalue weighted by Crippen LogP contribution is 2.25. The van der Waals surface area contributed by atoms with Crippen molar-refractivity contribution >= 4 is 18.3 Å². The van der Waals surface area contributed by atoms with Gasteiger partial charge in [0, 0.05) is 25.2 Å². The van der Waals surface area contributed by atoms with Gasteiger partial charge >= 0.3 is 0 Å². The van der Waals surface area contributed by atoms with Crippen LogP contribution in [0.3, 0.4) is 0 Å². The molecule has 1 aromatic heterocycles. The number of hydrogen-bond donors (Lipinski definition) is 1. The molecule has 8 heteroatoms. The lowest BCUT2D eigenvalue weighted by Crippen LogP contribution is -2.48. The second-order valence-corrected chi connectivity index (χ2v) is 6.61. The van der Waals surface area contributed by atoms with Gasteiger partial charge < -0.3 is 10.2 Å². The van der Waals surface area contributed by atoms with Crippen LogP contribution in [0.15, 0.2) is 54.9 Å². The molecule has 28 heavy (non-hydrogen) atoms. The summed E-state index contributed by atoms with van der Waals surface area (Å²) >= 11 is 0. The Hall–Kier alpha value is -2.77. The lowest BCUT2D eigenvalue weighted by molar-refractivity contribution is 0.0634. The maximum Gasteiger partial charge on any atom is 0.254 e.